The van der Waals surface area contributed by atoms with E-state index in [4.69, 9.17) is 9.26 Å². The lowest BCUT2D eigenvalue weighted by molar-refractivity contribution is -0.139. The summed E-state index contributed by atoms with van der Waals surface area (Å²) in [6.07, 6.45) is 2.33. The maximum atomic E-state index is 15.8. The van der Waals surface area contributed by atoms with Crippen molar-refractivity contribution in [3.63, 3.8) is 0 Å². The van der Waals surface area contributed by atoms with Crippen molar-refractivity contribution in [1.29, 1.82) is 0 Å². The van der Waals surface area contributed by atoms with Crippen LogP contribution in [0.4, 0.5) is 18.9 Å². The molecule has 3 N–H and O–H groups in total. The zero-order chi connectivity index (χ0) is 34.8. The van der Waals surface area contributed by atoms with Crippen LogP contribution in [-0.2, 0) is 16.1 Å². The van der Waals surface area contributed by atoms with E-state index in [-0.39, 0.29) is 48.5 Å². The van der Waals surface area contributed by atoms with Crippen LogP contribution < -0.4 is 9.15 Å². The Morgan fingerprint density at radius 2 is 1.96 bits per heavy atom. The number of aromatic amines is 1. The van der Waals surface area contributed by atoms with Crippen LogP contribution in [0.5, 0.6) is 5.75 Å². The number of benzene rings is 2. The van der Waals surface area contributed by atoms with E-state index in [0.29, 0.717) is 39.8 Å². The van der Waals surface area contributed by atoms with Crippen molar-refractivity contribution >= 4 is 39.7 Å². The van der Waals surface area contributed by atoms with Crippen molar-refractivity contribution in [1.82, 2.24) is 20.1 Å². The van der Waals surface area contributed by atoms with Crippen LogP contribution in [0.15, 0.2) is 65.4 Å². The van der Waals surface area contributed by atoms with Crippen molar-refractivity contribution in [2.75, 3.05) is 24.1 Å². The molecule has 1 fully saturated rings. The van der Waals surface area contributed by atoms with Gasteiger partial charge in [0.15, 0.2) is 11.6 Å². The number of aliphatic carboxylic acids is 1. The number of halogens is 3. The first kappa shape index (κ1) is 33.8. The number of nitrogens with zero attached hydrogens (tertiary/aromatic N) is 4. The second-order valence-corrected chi connectivity index (χ2v) is 12.3. The van der Waals surface area contributed by atoms with Crippen molar-refractivity contribution in [3.8, 4) is 16.9 Å². The normalized spacial score (nSPS) is 16.1. The molecular weight excluding hydrogens is 667 g/mol. The molecular formula is C33H30F3N5O7S. The lowest BCUT2D eigenvalue weighted by atomic mass is 9.99. The lowest BCUT2D eigenvalue weighted by Crippen LogP contribution is -2.43. The number of aryl methyl sites for hydroxylation is 1. The molecule has 1 saturated heterocycles. The highest BCUT2D eigenvalue weighted by Crippen LogP contribution is 2.33. The molecule has 16 heteroatoms. The highest BCUT2D eigenvalue weighted by molar-refractivity contribution is 7.80. The number of rotatable bonds is 13. The van der Waals surface area contributed by atoms with Crippen LogP contribution in [0.25, 0.3) is 22.2 Å². The predicted molar refractivity (Wildman–Crippen MR) is 172 cm³/mol. The third-order valence-corrected chi connectivity index (χ3v) is 8.90. The molecule has 1 aliphatic heterocycles. The Hall–Kier alpha value is -5.06. The zero-order valence-electron chi connectivity index (χ0n) is 25.9. The van der Waals surface area contributed by atoms with E-state index in [1.807, 2.05) is 0 Å². The molecule has 0 bridgehead atoms. The summed E-state index contributed by atoms with van der Waals surface area (Å²) in [6.45, 7) is 1.72. The molecule has 3 aromatic heterocycles. The van der Waals surface area contributed by atoms with Gasteiger partial charge in [0.25, 0.3) is 11.3 Å². The number of pyridine rings is 1. The maximum Gasteiger partial charge on any atom is 0.314 e. The molecule has 0 amide bonds. The number of nitrogens with one attached hydrogen (secondary N) is 1. The van der Waals surface area contributed by atoms with Crippen LogP contribution in [-0.4, -0.2) is 71.6 Å². The standard InChI is InChI=1S/C33H30F3N5O7S/c1-18-13-28(48-39-18)23(33(43)44)3-2-12-47-22-6-4-19(5-7-22)20-14-24-25(16-38-32(24)37-15-20)31(42)29-26(35)8-9-27(30(29)36)41(49(45)46)40-11-10-21(34)17-40/h4-9,13-16,21,23H,2-3,10-12,17H2,1H3,(H,37,38)(H,43,44)(H,45,46)/t21-,23?/m1/s1. The van der Waals surface area contributed by atoms with Gasteiger partial charge in [-0.05, 0) is 62.1 Å². The van der Waals surface area contributed by atoms with Gasteiger partial charge in [-0.2, -0.15) is 4.41 Å². The number of hydrogen-bond donors (Lipinski definition) is 3. The highest BCUT2D eigenvalue weighted by atomic mass is 32.2. The van der Waals surface area contributed by atoms with Gasteiger partial charge in [-0.25, -0.2) is 27.4 Å². The lowest BCUT2D eigenvalue weighted by Gasteiger charge is -2.29. The summed E-state index contributed by atoms with van der Waals surface area (Å²) in [7, 11) is 0. The summed E-state index contributed by atoms with van der Waals surface area (Å²) < 4.78 is 78.3. The van der Waals surface area contributed by atoms with Gasteiger partial charge < -0.3 is 19.4 Å². The van der Waals surface area contributed by atoms with Crippen molar-refractivity contribution in [2.45, 2.75) is 38.3 Å². The number of aromatic nitrogens is 3. The smallest absolute Gasteiger partial charge is 0.314 e. The Labute approximate surface area is 279 Å². The van der Waals surface area contributed by atoms with Crippen LogP contribution in [0.3, 0.4) is 0 Å². The number of carbonyl (C=O) groups is 2. The molecule has 2 aromatic carbocycles. The number of alkyl halides is 1. The Morgan fingerprint density at radius 1 is 1.18 bits per heavy atom. The number of carbonyl (C=O) groups excluding carboxylic acids is 1. The molecule has 3 atom stereocenters. The van der Waals surface area contributed by atoms with Crippen LogP contribution in [0.1, 0.15) is 52.6 Å². The molecule has 49 heavy (non-hydrogen) atoms. The molecule has 256 valence electrons. The highest BCUT2D eigenvalue weighted by Gasteiger charge is 2.34. The summed E-state index contributed by atoms with van der Waals surface area (Å²) in [5, 5.41) is 14.7. The summed E-state index contributed by atoms with van der Waals surface area (Å²) in [4.78, 5) is 32.5. The average molecular weight is 698 g/mol. The van der Waals surface area contributed by atoms with Crippen LogP contribution >= 0.6 is 0 Å². The first-order valence-electron chi connectivity index (χ1n) is 15.2. The van der Waals surface area contributed by atoms with E-state index in [1.54, 1.807) is 49.5 Å². The first-order chi connectivity index (χ1) is 23.5. The first-order valence-corrected chi connectivity index (χ1v) is 16.3. The van der Waals surface area contributed by atoms with Crippen molar-refractivity contribution in [3.05, 3.63) is 95.1 Å². The van der Waals surface area contributed by atoms with Gasteiger partial charge in [0.1, 0.15) is 35.0 Å². The summed E-state index contributed by atoms with van der Waals surface area (Å²) in [6, 6.07) is 11.9. The summed E-state index contributed by atoms with van der Waals surface area (Å²) in [5.74, 6) is -4.59. The van der Waals surface area contributed by atoms with Gasteiger partial charge in [0, 0.05) is 41.5 Å². The van der Waals surface area contributed by atoms with Gasteiger partial charge in [-0.3, -0.25) is 14.1 Å². The molecule has 2 unspecified atom stereocenters. The van der Waals surface area contributed by atoms with Gasteiger partial charge >= 0.3 is 5.97 Å². The van der Waals surface area contributed by atoms with Gasteiger partial charge in [-0.1, -0.05) is 17.3 Å². The van der Waals surface area contributed by atoms with Crippen molar-refractivity contribution < 1.29 is 45.9 Å². The fraction of sp³-hybridized carbons (Fsp3) is 0.273. The number of carboxylic acid groups (broad SMARTS) is 1. The Morgan fingerprint density at radius 3 is 2.61 bits per heavy atom. The number of hydrogen-bond acceptors (Lipinski definition) is 8. The Kier molecular flexibility index (Phi) is 9.80. The molecule has 0 spiro atoms. The maximum absolute atomic E-state index is 15.8. The Balaban J connectivity index is 1.18. The third kappa shape index (κ3) is 7.06. The van der Waals surface area contributed by atoms with Gasteiger partial charge in [0.2, 0.25) is 5.78 Å². The molecule has 5 aromatic rings. The largest absolute Gasteiger partial charge is 0.494 e. The van der Waals surface area contributed by atoms with Crippen LogP contribution in [0, 0.1) is 18.6 Å². The summed E-state index contributed by atoms with van der Waals surface area (Å²) >= 11 is -2.83. The molecule has 12 nitrogen and oxygen atoms in total. The van der Waals surface area contributed by atoms with Crippen molar-refractivity contribution in [2.24, 2.45) is 0 Å². The third-order valence-electron chi connectivity index (χ3n) is 8.17. The minimum atomic E-state index is -2.83. The fourth-order valence-electron chi connectivity index (χ4n) is 5.74. The van der Waals surface area contributed by atoms with E-state index in [9.17, 15) is 27.8 Å². The number of H-pyrrole nitrogens is 1. The monoisotopic (exact) mass is 697 g/mol. The zero-order valence-corrected chi connectivity index (χ0v) is 26.8. The number of carboxylic acids is 1. The molecule has 6 rings (SSSR count). The van der Waals surface area contributed by atoms with E-state index < -0.39 is 58.0 Å². The molecule has 0 radical (unpaired) electrons. The molecule has 4 heterocycles. The van der Waals surface area contributed by atoms with E-state index in [1.165, 1.54) is 6.20 Å². The quantitative estimate of drug-likeness (QED) is 0.0760. The van der Waals surface area contributed by atoms with E-state index in [2.05, 4.69) is 15.1 Å². The number of anilines is 1. The Bertz CT molecular complexity index is 2040. The van der Waals surface area contributed by atoms with E-state index >= 15 is 8.78 Å². The molecule has 0 saturated carbocycles. The average Bonchev–Trinajstić information content (AvgIpc) is 3.81. The molecule has 1 aliphatic rings. The number of hydrazine groups is 1. The van der Waals surface area contributed by atoms with Crippen LogP contribution in [0.2, 0.25) is 0 Å². The topological polar surface area (TPSA) is 162 Å². The number of ketones is 1. The fourth-order valence-corrected chi connectivity index (χ4v) is 6.39. The summed E-state index contributed by atoms with van der Waals surface area (Å²) in [5.41, 5.74) is 0.599. The minimum Gasteiger partial charge on any atom is -0.494 e. The SMILES string of the molecule is Cc1cc(C(CCCOc2ccc(-c3cnc4[nH]cc(C(=O)c5c(F)ccc(N(N6CC[C@@H](F)C6)S(=O)O)c5F)c4c3)cc2)C(=O)O)on1. The molecule has 0 aliphatic carbocycles. The predicted octanol–water partition coefficient (Wildman–Crippen LogP) is 5.96. The van der Waals surface area contributed by atoms with E-state index in [0.717, 1.165) is 17.1 Å². The number of fused-ring (bicyclic) bond motifs is 1. The minimum absolute atomic E-state index is 0.0230. The second-order valence-electron chi connectivity index (χ2n) is 11.5. The van der Waals surface area contributed by atoms with Gasteiger partial charge in [-0.15, -0.1) is 0 Å². The van der Waals surface area contributed by atoms with Gasteiger partial charge in [0.05, 0.1) is 24.4 Å². The second kappa shape index (κ2) is 14.2. The number of ether oxygens (including phenoxy) is 1.